The van der Waals surface area contributed by atoms with Gasteiger partial charge in [0.1, 0.15) is 0 Å². The summed E-state index contributed by atoms with van der Waals surface area (Å²) < 4.78 is 5.61. The largest absolute Gasteiger partial charge is 0.374 e. The van der Waals surface area contributed by atoms with E-state index >= 15 is 0 Å². The zero-order valence-electron chi connectivity index (χ0n) is 11.3. The minimum absolute atomic E-state index is 0.00309. The van der Waals surface area contributed by atoms with Crippen molar-refractivity contribution in [3.63, 3.8) is 0 Å². The van der Waals surface area contributed by atoms with Crippen LogP contribution in [0.2, 0.25) is 5.02 Å². The Morgan fingerprint density at radius 1 is 1.58 bits per heavy atom. The molecule has 1 saturated heterocycles. The Hall–Kier alpha value is -1.10. The lowest BCUT2D eigenvalue weighted by atomic mass is 10.1. The highest BCUT2D eigenvalue weighted by atomic mass is 35.5. The van der Waals surface area contributed by atoms with Gasteiger partial charge in [0.15, 0.2) is 0 Å². The second-order valence-electron chi connectivity index (χ2n) is 4.84. The second-order valence-corrected chi connectivity index (χ2v) is 5.28. The Morgan fingerprint density at radius 3 is 3.00 bits per heavy atom. The number of morpholine rings is 1. The minimum Gasteiger partial charge on any atom is -0.374 e. The van der Waals surface area contributed by atoms with Crippen LogP contribution >= 0.6 is 11.6 Å². The van der Waals surface area contributed by atoms with Gasteiger partial charge < -0.3 is 15.0 Å². The molecule has 1 aromatic carbocycles. The highest BCUT2D eigenvalue weighted by molar-refractivity contribution is 6.30. The van der Waals surface area contributed by atoms with E-state index in [9.17, 15) is 4.79 Å². The lowest BCUT2D eigenvalue weighted by molar-refractivity contribution is 0.0103. The van der Waals surface area contributed by atoms with E-state index in [1.165, 1.54) is 0 Å². The summed E-state index contributed by atoms with van der Waals surface area (Å²) in [6.07, 6.45) is 0.0651. The standard InChI is InChI=1S/C14H19ClN2O2/c1-10-7-11(15)3-4-13(10)14(18)17(2)9-12-8-16-5-6-19-12/h3-4,7,12,16H,5-6,8-9H2,1-2H3. The Balaban J connectivity index is 2.01. The predicted octanol–water partition coefficient (Wildman–Crippen LogP) is 1.71. The number of likely N-dealkylation sites (N-methyl/N-ethyl adjacent to an activating group) is 1. The first-order valence-electron chi connectivity index (χ1n) is 6.42. The van der Waals surface area contributed by atoms with E-state index in [2.05, 4.69) is 5.32 Å². The number of hydrogen-bond acceptors (Lipinski definition) is 3. The van der Waals surface area contributed by atoms with Gasteiger partial charge in [0, 0.05) is 37.3 Å². The molecule has 5 heteroatoms. The van der Waals surface area contributed by atoms with Gasteiger partial charge in [-0.05, 0) is 30.7 Å². The maximum absolute atomic E-state index is 12.4. The molecular weight excluding hydrogens is 264 g/mol. The van der Waals surface area contributed by atoms with Crippen LogP contribution in [0.15, 0.2) is 18.2 Å². The van der Waals surface area contributed by atoms with Crippen molar-refractivity contribution in [3.05, 3.63) is 34.3 Å². The maximum Gasteiger partial charge on any atom is 0.253 e. The molecule has 1 N–H and O–H groups in total. The Labute approximate surface area is 118 Å². The van der Waals surface area contributed by atoms with Gasteiger partial charge in [0.2, 0.25) is 0 Å². The molecule has 104 valence electrons. The molecule has 1 aliphatic heterocycles. The van der Waals surface area contributed by atoms with E-state index in [0.29, 0.717) is 23.7 Å². The van der Waals surface area contributed by atoms with Crippen molar-refractivity contribution in [2.24, 2.45) is 0 Å². The first-order valence-corrected chi connectivity index (χ1v) is 6.79. The highest BCUT2D eigenvalue weighted by Crippen LogP contribution is 2.16. The molecule has 1 fully saturated rings. The summed E-state index contributed by atoms with van der Waals surface area (Å²) in [6, 6.07) is 5.33. The Morgan fingerprint density at radius 2 is 2.37 bits per heavy atom. The number of rotatable bonds is 3. The molecule has 0 bridgehead atoms. The third-order valence-corrected chi connectivity index (χ3v) is 3.48. The highest BCUT2D eigenvalue weighted by Gasteiger charge is 2.20. The average molecular weight is 283 g/mol. The molecule has 19 heavy (non-hydrogen) atoms. The van der Waals surface area contributed by atoms with Gasteiger partial charge in [0.25, 0.3) is 5.91 Å². The van der Waals surface area contributed by atoms with Gasteiger partial charge in [-0.25, -0.2) is 0 Å². The molecule has 1 aromatic rings. The lowest BCUT2D eigenvalue weighted by Crippen LogP contribution is -2.45. The van der Waals surface area contributed by atoms with Crippen molar-refractivity contribution in [3.8, 4) is 0 Å². The van der Waals surface area contributed by atoms with Crippen molar-refractivity contribution in [2.75, 3.05) is 33.3 Å². The number of nitrogens with one attached hydrogen (secondary N) is 1. The normalized spacial score (nSPS) is 19.2. The Kier molecular flexibility index (Phi) is 4.80. The number of benzene rings is 1. The molecule has 1 aliphatic rings. The number of carbonyl (C=O) groups is 1. The summed E-state index contributed by atoms with van der Waals surface area (Å²) in [5.74, 6) is 0.00309. The fraction of sp³-hybridized carbons (Fsp3) is 0.500. The van der Waals surface area contributed by atoms with Crippen LogP contribution in [-0.4, -0.2) is 50.2 Å². The fourth-order valence-corrected chi connectivity index (χ4v) is 2.42. The van der Waals surface area contributed by atoms with Crippen LogP contribution in [-0.2, 0) is 4.74 Å². The molecular formula is C14H19ClN2O2. The molecule has 0 radical (unpaired) electrons. The zero-order valence-corrected chi connectivity index (χ0v) is 12.0. The van der Waals surface area contributed by atoms with E-state index in [1.807, 2.05) is 6.92 Å². The van der Waals surface area contributed by atoms with E-state index in [-0.39, 0.29) is 12.0 Å². The molecule has 1 atom stereocenters. The fourth-order valence-electron chi connectivity index (χ4n) is 2.20. The van der Waals surface area contributed by atoms with Crippen LogP contribution in [0.3, 0.4) is 0 Å². The van der Waals surface area contributed by atoms with Crippen molar-refractivity contribution in [1.29, 1.82) is 0 Å². The summed E-state index contributed by atoms with van der Waals surface area (Å²) in [5, 5.41) is 3.91. The zero-order chi connectivity index (χ0) is 13.8. The molecule has 0 aromatic heterocycles. The molecule has 0 aliphatic carbocycles. The number of aryl methyl sites for hydroxylation is 1. The second kappa shape index (κ2) is 6.37. The van der Waals surface area contributed by atoms with Gasteiger partial charge in [0.05, 0.1) is 12.7 Å². The van der Waals surface area contributed by atoms with Crippen LogP contribution in [0.1, 0.15) is 15.9 Å². The quantitative estimate of drug-likeness (QED) is 0.918. The summed E-state index contributed by atoms with van der Waals surface area (Å²) in [6.45, 7) is 4.86. The molecule has 0 saturated carbocycles. The van der Waals surface area contributed by atoms with Crippen molar-refractivity contribution in [2.45, 2.75) is 13.0 Å². The van der Waals surface area contributed by atoms with Gasteiger partial charge in [-0.15, -0.1) is 0 Å². The van der Waals surface area contributed by atoms with Crippen molar-refractivity contribution in [1.82, 2.24) is 10.2 Å². The predicted molar refractivity (Wildman–Crippen MR) is 75.8 cm³/mol. The molecule has 0 spiro atoms. The van der Waals surface area contributed by atoms with E-state index < -0.39 is 0 Å². The van der Waals surface area contributed by atoms with Crippen molar-refractivity contribution >= 4 is 17.5 Å². The average Bonchev–Trinajstić information content (AvgIpc) is 2.39. The number of hydrogen-bond donors (Lipinski definition) is 1. The van der Waals surface area contributed by atoms with Crippen LogP contribution in [0.4, 0.5) is 0 Å². The topological polar surface area (TPSA) is 41.6 Å². The summed E-state index contributed by atoms with van der Waals surface area (Å²) in [7, 11) is 1.80. The van der Waals surface area contributed by atoms with Crippen LogP contribution in [0.5, 0.6) is 0 Å². The number of amides is 1. The first-order chi connectivity index (χ1) is 9.08. The van der Waals surface area contributed by atoms with Crippen molar-refractivity contribution < 1.29 is 9.53 Å². The lowest BCUT2D eigenvalue weighted by Gasteiger charge is -2.28. The smallest absolute Gasteiger partial charge is 0.253 e. The maximum atomic E-state index is 12.4. The molecule has 1 amide bonds. The van der Waals surface area contributed by atoms with Crippen LogP contribution in [0, 0.1) is 6.92 Å². The molecule has 2 rings (SSSR count). The number of halogens is 1. The van der Waals surface area contributed by atoms with E-state index in [1.54, 1.807) is 30.1 Å². The van der Waals surface area contributed by atoms with Gasteiger partial charge in [-0.2, -0.15) is 0 Å². The molecule has 1 unspecified atom stereocenters. The molecule has 4 nitrogen and oxygen atoms in total. The van der Waals surface area contributed by atoms with Crippen LogP contribution < -0.4 is 5.32 Å². The van der Waals surface area contributed by atoms with Gasteiger partial charge >= 0.3 is 0 Å². The van der Waals surface area contributed by atoms with E-state index in [4.69, 9.17) is 16.3 Å². The van der Waals surface area contributed by atoms with Crippen LogP contribution in [0.25, 0.3) is 0 Å². The number of ether oxygens (including phenoxy) is 1. The summed E-state index contributed by atoms with van der Waals surface area (Å²) >= 11 is 5.90. The van der Waals surface area contributed by atoms with Gasteiger partial charge in [-0.1, -0.05) is 11.6 Å². The number of nitrogens with zero attached hydrogens (tertiary/aromatic N) is 1. The molecule has 1 heterocycles. The SMILES string of the molecule is Cc1cc(Cl)ccc1C(=O)N(C)CC1CNCCO1. The third-order valence-electron chi connectivity index (χ3n) is 3.25. The number of carbonyl (C=O) groups excluding carboxylic acids is 1. The van der Waals surface area contributed by atoms with E-state index in [0.717, 1.165) is 18.7 Å². The summed E-state index contributed by atoms with van der Waals surface area (Å²) in [5.41, 5.74) is 1.59. The summed E-state index contributed by atoms with van der Waals surface area (Å²) in [4.78, 5) is 14.1. The Bertz CT molecular complexity index is 459. The first kappa shape index (κ1) is 14.3. The third kappa shape index (κ3) is 3.69. The monoisotopic (exact) mass is 282 g/mol. The van der Waals surface area contributed by atoms with Gasteiger partial charge in [-0.3, -0.25) is 4.79 Å². The minimum atomic E-state index is 0.00309.